The Hall–Kier alpha value is -2.55. The highest BCUT2D eigenvalue weighted by Gasteiger charge is 2.18. The zero-order valence-electron chi connectivity index (χ0n) is 10.8. The van der Waals surface area contributed by atoms with E-state index in [0.29, 0.717) is 11.4 Å². The van der Waals surface area contributed by atoms with Crippen molar-refractivity contribution < 1.29 is 14.7 Å². The van der Waals surface area contributed by atoms with Gasteiger partial charge in [0.2, 0.25) is 0 Å². The fraction of sp³-hybridized carbons (Fsp3) is 0.308. The third kappa shape index (κ3) is 3.71. The van der Waals surface area contributed by atoms with Crippen LogP contribution in [0.5, 0.6) is 0 Å². The molecule has 0 saturated carbocycles. The van der Waals surface area contributed by atoms with Crippen molar-refractivity contribution >= 4 is 17.7 Å². The van der Waals surface area contributed by atoms with Crippen molar-refractivity contribution in [3.63, 3.8) is 0 Å². The summed E-state index contributed by atoms with van der Waals surface area (Å²) >= 11 is 0. The molecule has 0 spiro atoms. The van der Waals surface area contributed by atoms with Crippen LogP contribution in [0.2, 0.25) is 0 Å². The molecule has 0 aliphatic rings. The number of pyridine rings is 1. The maximum atomic E-state index is 11.6. The third-order valence-electron chi connectivity index (χ3n) is 2.66. The number of anilines is 1. The Morgan fingerprint density at radius 1 is 1.58 bits per heavy atom. The maximum Gasteiger partial charge on any atom is 0.326 e. The van der Waals surface area contributed by atoms with E-state index in [9.17, 15) is 9.59 Å². The SMILES string of the molecule is C#CCNC(=O)c1ccc(N(C)C(C)C(=O)O)nc1. The number of carbonyl (C=O) groups is 2. The third-order valence-corrected chi connectivity index (χ3v) is 2.66. The fourth-order valence-corrected chi connectivity index (χ4v) is 1.33. The minimum Gasteiger partial charge on any atom is -0.480 e. The lowest BCUT2D eigenvalue weighted by atomic mass is 10.2. The van der Waals surface area contributed by atoms with Crippen LogP contribution in [0, 0.1) is 12.3 Å². The number of carbonyl (C=O) groups excluding carboxylic acids is 1. The lowest BCUT2D eigenvalue weighted by Gasteiger charge is -2.22. The average Bonchev–Trinajstić information content (AvgIpc) is 2.43. The van der Waals surface area contributed by atoms with Gasteiger partial charge < -0.3 is 15.3 Å². The molecule has 1 amide bonds. The molecule has 1 rings (SSSR count). The van der Waals surface area contributed by atoms with E-state index in [-0.39, 0.29) is 12.5 Å². The number of terminal acetylenes is 1. The number of aliphatic carboxylic acids is 1. The predicted molar refractivity (Wildman–Crippen MR) is 70.9 cm³/mol. The summed E-state index contributed by atoms with van der Waals surface area (Å²) in [6.45, 7) is 1.70. The molecule has 0 saturated heterocycles. The van der Waals surface area contributed by atoms with Gasteiger partial charge in [-0.25, -0.2) is 9.78 Å². The number of hydrogen-bond acceptors (Lipinski definition) is 4. The van der Waals surface area contributed by atoms with Crippen LogP contribution in [0.4, 0.5) is 5.82 Å². The molecule has 6 nitrogen and oxygen atoms in total. The first-order chi connectivity index (χ1) is 8.97. The molecule has 0 fully saturated rings. The maximum absolute atomic E-state index is 11.6. The van der Waals surface area contributed by atoms with Crippen molar-refractivity contribution in [3.05, 3.63) is 23.9 Å². The summed E-state index contributed by atoms with van der Waals surface area (Å²) in [6.07, 6.45) is 6.42. The average molecular weight is 261 g/mol. The Bertz CT molecular complexity index is 505. The number of hydrogen-bond donors (Lipinski definition) is 2. The first-order valence-electron chi connectivity index (χ1n) is 5.60. The number of nitrogens with one attached hydrogen (secondary N) is 1. The Morgan fingerprint density at radius 3 is 2.74 bits per heavy atom. The fourth-order valence-electron chi connectivity index (χ4n) is 1.33. The van der Waals surface area contributed by atoms with E-state index in [1.165, 1.54) is 11.1 Å². The van der Waals surface area contributed by atoms with E-state index < -0.39 is 12.0 Å². The van der Waals surface area contributed by atoms with Gasteiger partial charge in [0.15, 0.2) is 0 Å². The molecule has 1 heterocycles. The number of rotatable bonds is 5. The number of amides is 1. The molecule has 1 atom stereocenters. The largest absolute Gasteiger partial charge is 0.480 e. The van der Waals surface area contributed by atoms with Crippen LogP contribution in [0.3, 0.4) is 0 Å². The Kier molecular flexibility index (Phi) is 4.89. The van der Waals surface area contributed by atoms with E-state index in [2.05, 4.69) is 16.2 Å². The summed E-state index contributed by atoms with van der Waals surface area (Å²) in [5, 5.41) is 11.4. The molecule has 0 aromatic carbocycles. The standard InChI is InChI=1S/C13H15N3O3/c1-4-7-14-12(17)10-5-6-11(15-8-10)16(3)9(2)13(18)19/h1,5-6,8-9H,7H2,2-3H3,(H,14,17)(H,18,19). The molecule has 19 heavy (non-hydrogen) atoms. The first-order valence-corrected chi connectivity index (χ1v) is 5.60. The monoisotopic (exact) mass is 261 g/mol. The second-order valence-corrected chi connectivity index (χ2v) is 3.92. The van der Waals surface area contributed by atoms with Crippen molar-refractivity contribution in [2.45, 2.75) is 13.0 Å². The zero-order chi connectivity index (χ0) is 14.4. The molecule has 2 N–H and O–H groups in total. The van der Waals surface area contributed by atoms with Gasteiger partial charge in [-0.3, -0.25) is 4.79 Å². The highest BCUT2D eigenvalue weighted by Crippen LogP contribution is 2.12. The summed E-state index contributed by atoms with van der Waals surface area (Å²) < 4.78 is 0. The van der Waals surface area contributed by atoms with Crippen LogP contribution >= 0.6 is 0 Å². The Labute approximate surface area is 111 Å². The molecule has 0 aliphatic heterocycles. The van der Waals surface area contributed by atoms with E-state index in [4.69, 9.17) is 11.5 Å². The van der Waals surface area contributed by atoms with Crippen molar-refractivity contribution in [1.29, 1.82) is 0 Å². The molecule has 0 bridgehead atoms. The molecular weight excluding hydrogens is 246 g/mol. The van der Waals surface area contributed by atoms with E-state index in [1.54, 1.807) is 26.1 Å². The van der Waals surface area contributed by atoms with E-state index in [0.717, 1.165) is 0 Å². The van der Waals surface area contributed by atoms with E-state index in [1.807, 2.05) is 0 Å². The molecule has 0 radical (unpaired) electrons. The second kappa shape index (κ2) is 6.40. The van der Waals surface area contributed by atoms with Gasteiger partial charge in [-0.15, -0.1) is 6.42 Å². The summed E-state index contributed by atoms with van der Waals surface area (Å²) in [5.74, 6) is 1.52. The van der Waals surface area contributed by atoms with Crippen molar-refractivity contribution in [1.82, 2.24) is 10.3 Å². The van der Waals surface area contributed by atoms with Gasteiger partial charge in [-0.05, 0) is 19.1 Å². The van der Waals surface area contributed by atoms with Crippen molar-refractivity contribution in [2.75, 3.05) is 18.5 Å². The molecule has 6 heteroatoms. The van der Waals surface area contributed by atoms with Gasteiger partial charge in [-0.1, -0.05) is 5.92 Å². The van der Waals surface area contributed by atoms with Gasteiger partial charge in [0.05, 0.1) is 12.1 Å². The number of aromatic nitrogens is 1. The normalized spacial score (nSPS) is 11.2. The predicted octanol–water partition coefficient (Wildman–Crippen LogP) is 0.354. The van der Waals surface area contributed by atoms with Gasteiger partial charge in [0.25, 0.3) is 5.91 Å². The van der Waals surface area contributed by atoms with Crippen molar-refractivity contribution in [2.24, 2.45) is 0 Å². The highest BCUT2D eigenvalue weighted by atomic mass is 16.4. The second-order valence-electron chi connectivity index (χ2n) is 3.92. The first kappa shape index (κ1) is 14.5. The smallest absolute Gasteiger partial charge is 0.326 e. The number of likely N-dealkylation sites (N-methyl/N-ethyl adjacent to an activating group) is 1. The topological polar surface area (TPSA) is 82.5 Å². The van der Waals surface area contributed by atoms with Gasteiger partial charge in [0, 0.05) is 13.2 Å². The lowest BCUT2D eigenvalue weighted by Crippen LogP contribution is -2.36. The summed E-state index contributed by atoms with van der Waals surface area (Å²) in [5.41, 5.74) is 0.371. The van der Waals surface area contributed by atoms with Gasteiger partial charge in [-0.2, -0.15) is 0 Å². The van der Waals surface area contributed by atoms with Crippen LogP contribution < -0.4 is 10.2 Å². The van der Waals surface area contributed by atoms with E-state index >= 15 is 0 Å². The molecule has 1 aromatic heterocycles. The minimum atomic E-state index is -0.944. The van der Waals surface area contributed by atoms with Crippen LogP contribution in [0.15, 0.2) is 18.3 Å². The summed E-state index contributed by atoms with van der Waals surface area (Å²) in [4.78, 5) is 28.0. The molecule has 1 aromatic rings. The Balaban J connectivity index is 2.79. The molecule has 1 unspecified atom stereocenters. The summed E-state index contributed by atoms with van der Waals surface area (Å²) in [7, 11) is 1.62. The molecule has 100 valence electrons. The molecular formula is C13H15N3O3. The molecule has 0 aliphatic carbocycles. The Morgan fingerprint density at radius 2 is 2.26 bits per heavy atom. The van der Waals surface area contributed by atoms with Crippen LogP contribution in [0.1, 0.15) is 17.3 Å². The zero-order valence-corrected chi connectivity index (χ0v) is 10.8. The number of carboxylic acids is 1. The van der Waals surface area contributed by atoms with Crippen LogP contribution in [-0.2, 0) is 4.79 Å². The van der Waals surface area contributed by atoms with Crippen LogP contribution in [0.25, 0.3) is 0 Å². The number of nitrogens with zero attached hydrogens (tertiary/aromatic N) is 2. The lowest BCUT2D eigenvalue weighted by molar-refractivity contribution is -0.138. The quantitative estimate of drug-likeness (QED) is 0.747. The van der Waals surface area contributed by atoms with Gasteiger partial charge >= 0.3 is 5.97 Å². The summed E-state index contributed by atoms with van der Waals surface area (Å²) in [6, 6.07) is 2.46. The number of carboxylic acid groups (broad SMARTS) is 1. The van der Waals surface area contributed by atoms with Gasteiger partial charge in [0.1, 0.15) is 11.9 Å². The minimum absolute atomic E-state index is 0.149. The van der Waals surface area contributed by atoms with Crippen LogP contribution in [-0.4, -0.2) is 41.6 Å². The highest BCUT2D eigenvalue weighted by molar-refractivity contribution is 5.94. The van der Waals surface area contributed by atoms with Crippen molar-refractivity contribution in [3.8, 4) is 12.3 Å².